The second-order valence-corrected chi connectivity index (χ2v) is 8.88. The number of carbonyl (C=O) groups is 2. The largest absolute Gasteiger partial charge is 0.471 e. The number of likely N-dealkylation sites (N-methyl/N-ethyl adjacent to an activating group) is 1. The molecule has 13 heteroatoms. The van der Waals surface area contributed by atoms with Gasteiger partial charge in [0.2, 0.25) is 11.3 Å². The van der Waals surface area contributed by atoms with Gasteiger partial charge in [0.15, 0.2) is 10.3 Å². The number of hydrogen-bond donors (Lipinski definition) is 2. The van der Waals surface area contributed by atoms with Gasteiger partial charge in [-0.1, -0.05) is 23.9 Å². The molecule has 25 heavy (non-hydrogen) atoms. The highest BCUT2D eigenvalue weighted by atomic mass is 32.2. The summed E-state index contributed by atoms with van der Waals surface area (Å²) in [5.41, 5.74) is -0.617. The van der Waals surface area contributed by atoms with Gasteiger partial charge in [-0.2, -0.15) is 0 Å². The molecular weight excluding hydrogens is 391 g/mol. The molecule has 0 saturated carbocycles. The summed E-state index contributed by atoms with van der Waals surface area (Å²) in [4.78, 5) is 44.3. The molecule has 2 aliphatic heterocycles. The topological polar surface area (TPSA) is 132 Å². The van der Waals surface area contributed by atoms with Crippen LogP contribution >= 0.6 is 31.3 Å². The lowest BCUT2D eigenvalue weighted by atomic mass is 10.3. The molecule has 10 nitrogen and oxygen atoms in total. The van der Waals surface area contributed by atoms with Crippen molar-refractivity contribution in [1.29, 1.82) is 0 Å². The monoisotopic (exact) mass is 408 g/mol. The maximum Gasteiger partial charge on any atom is 0.471 e. The Morgan fingerprint density at radius 2 is 1.88 bits per heavy atom. The molecule has 2 atom stereocenters. The van der Waals surface area contributed by atoms with Gasteiger partial charge in [0.1, 0.15) is 0 Å². The maximum absolute atomic E-state index is 12.1. The third-order valence-electron chi connectivity index (χ3n) is 3.04. The van der Waals surface area contributed by atoms with Crippen molar-refractivity contribution >= 4 is 53.5 Å². The fraction of sp³-hybridized carbons (Fsp3) is 0.500. The molecule has 2 saturated heterocycles. The number of phosphoric ester groups is 1. The van der Waals surface area contributed by atoms with Gasteiger partial charge in [0.05, 0.1) is 5.25 Å². The SMILES string of the molecule is C=C(C)CN1C(=O)C(C)S/C1=N\N=C1/SC(OP(=O)(O)O)C(=O)N1C. The Bertz CT molecular complexity index is 720. The molecule has 2 unspecified atom stereocenters. The van der Waals surface area contributed by atoms with Crippen LogP contribution in [0.2, 0.25) is 0 Å². The number of amidine groups is 2. The summed E-state index contributed by atoms with van der Waals surface area (Å²) in [5, 5.41) is 8.14. The highest BCUT2D eigenvalue weighted by Crippen LogP contribution is 2.43. The predicted octanol–water partition coefficient (Wildman–Crippen LogP) is 0.794. The summed E-state index contributed by atoms with van der Waals surface area (Å²) in [6, 6.07) is 0. The van der Waals surface area contributed by atoms with E-state index in [9.17, 15) is 14.2 Å². The summed E-state index contributed by atoms with van der Waals surface area (Å²) >= 11 is 1.96. The molecule has 2 N–H and O–H groups in total. The van der Waals surface area contributed by atoms with Gasteiger partial charge in [-0.25, -0.2) is 4.57 Å². The van der Waals surface area contributed by atoms with Crippen molar-refractivity contribution in [2.45, 2.75) is 24.5 Å². The van der Waals surface area contributed by atoms with Crippen molar-refractivity contribution in [3.63, 3.8) is 0 Å². The van der Waals surface area contributed by atoms with Gasteiger partial charge >= 0.3 is 7.82 Å². The van der Waals surface area contributed by atoms with Crippen LogP contribution in [0.1, 0.15) is 13.8 Å². The number of carbonyl (C=O) groups excluding carboxylic acids is 2. The first-order valence-electron chi connectivity index (χ1n) is 6.96. The number of thioether (sulfide) groups is 2. The Labute approximate surface area is 152 Å². The van der Waals surface area contributed by atoms with Crippen LogP contribution in [0.4, 0.5) is 0 Å². The predicted molar refractivity (Wildman–Crippen MR) is 95.7 cm³/mol. The van der Waals surface area contributed by atoms with Gasteiger partial charge in [-0.15, -0.1) is 10.2 Å². The van der Waals surface area contributed by atoms with Crippen LogP contribution in [0.3, 0.4) is 0 Å². The van der Waals surface area contributed by atoms with Crippen molar-refractivity contribution in [3.8, 4) is 0 Å². The summed E-state index contributed by atoms with van der Waals surface area (Å²) < 4.78 is 15.3. The van der Waals surface area contributed by atoms with Crippen molar-refractivity contribution in [1.82, 2.24) is 9.80 Å². The summed E-state index contributed by atoms with van der Waals surface area (Å²) in [6.07, 6.45) is 0. The number of rotatable bonds is 5. The van der Waals surface area contributed by atoms with E-state index in [1.165, 1.54) is 23.7 Å². The molecule has 0 aromatic carbocycles. The Balaban J connectivity index is 2.20. The van der Waals surface area contributed by atoms with Gasteiger partial charge in [-0.3, -0.25) is 23.9 Å². The Hall–Kier alpha value is -1.17. The third kappa shape index (κ3) is 4.93. The number of amides is 2. The molecule has 0 spiro atoms. The van der Waals surface area contributed by atoms with Crippen LogP contribution in [-0.2, 0) is 18.7 Å². The molecule has 0 aromatic rings. The molecule has 2 aliphatic rings. The van der Waals surface area contributed by atoms with Crippen LogP contribution in [0, 0.1) is 0 Å². The smallest absolute Gasteiger partial charge is 0.303 e. The van der Waals surface area contributed by atoms with E-state index in [2.05, 4.69) is 21.3 Å². The minimum atomic E-state index is -4.81. The zero-order valence-electron chi connectivity index (χ0n) is 13.6. The molecule has 2 heterocycles. The summed E-state index contributed by atoms with van der Waals surface area (Å²) in [5.74, 6) is -0.771. The number of nitrogens with zero attached hydrogens (tertiary/aromatic N) is 4. The van der Waals surface area contributed by atoms with Crippen molar-refractivity contribution in [2.24, 2.45) is 10.2 Å². The first-order chi connectivity index (χ1) is 11.5. The Morgan fingerprint density at radius 1 is 1.28 bits per heavy atom. The van der Waals surface area contributed by atoms with E-state index in [4.69, 9.17) is 9.79 Å². The van der Waals surface area contributed by atoms with E-state index in [0.29, 0.717) is 11.7 Å². The van der Waals surface area contributed by atoms with Crippen LogP contribution in [0.15, 0.2) is 22.4 Å². The average molecular weight is 408 g/mol. The van der Waals surface area contributed by atoms with Gasteiger partial charge in [0, 0.05) is 13.6 Å². The highest BCUT2D eigenvalue weighted by molar-refractivity contribution is 8.16. The first-order valence-corrected chi connectivity index (χ1v) is 10.2. The number of hydrogen-bond acceptors (Lipinski definition) is 8. The molecule has 138 valence electrons. The standard InChI is InChI=1S/C12H17N4O6PS2/c1-6(2)5-16-8(17)7(3)24-12(16)14-13-11-15(4)9(18)10(25-11)22-23(19,20)21/h7,10H,1,5H2,2-4H3,(H2,19,20,21)/b13-11-,14-12-. The molecule has 0 aliphatic carbocycles. The normalized spacial score (nSPS) is 27.9. The van der Waals surface area contributed by atoms with E-state index in [-0.39, 0.29) is 16.3 Å². The Morgan fingerprint density at radius 3 is 2.44 bits per heavy atom. The molecule has 0 radical (unpaired) electrons. The fourth-order valence-electron chi connectivity index (χ4n) is 1.92. The zero-order valence-corrected chi connectivity index (χ0v) is 16.2. The van der Waals surface area contributed by atoms with E-state index >= 15 is 0 Å². The van der Waals surface area contributed by atoms with Crippen LogP contribution in [0.5, 0.6) is 0 Å². The van der Waals surface area contributed by atoms with E-state index in [1.807, 2.05) is 0 Å². The van der Waals surface area contributed by atoms with E-state index in [0.717, 1.165) is 22.2 Å². The zero-order chi connectivity index (χ0) is 18.9. The lowest BCUT2D eigenvalue weighted by Crippen LogP contribution is -2.32. The van der Waals surface area contributed by atoms with Crippen molar-refractivity contribution in [3.05, 3.63) is 12.2 Å². The minimum absolute atomic E-state index is 0.110. The van der Waals surface area contributed by atoms with Crippen LogP contribution < -0.4 is 0 Å². The summed E-state index contributed by atoms with van der Waals surface area (Å²) in [6.45, 7) is 7.62. The second kappa shape index (κ2) is 7.60. The molecule has 0 bridgehead atoms. The Kier molecular flexibility index (Phi) is 6.13. The lowest BCUT2D eigenvalue weighted by Gasteiger charge is -2.15. The fourth-order valence-corrected chi connectivity index (χ4v) is 4.47. The summed E-state index contributed by atoms with van der Waals surface area (Å²) in [7, 11) is -3.43. The quantitative estimate of drug-likeness (QED) is 0.388. The van der Waals surface area contributed by atoms with Gasteiger partial charge in [-0.05, 0) is 25.6 Å². The maximum atomic E-state index is 12.1. The van der Waals surface area contributed by atoms with Crippen molar-refractivity contribution in [2.75, 3.05) is 13.6 Å². The lowest BCUT2D eigenvalue weighted by molar-refractivity contribution is -0.129. The third-order valence-corrected chi connectivity index (χ3v) is 5.82. The molecule has 2 fully saturated rings. The van der Waals surface area contributed by atoms with Gasteiger partial charge in [0.25, 0.3) is 5.91 Å². The van der Waals surface area contributed by atoms with Crippen LogP contribution in [0.25, 0.3) is 0 Å². The molecule has 0 aromatic heterocycles. The minimum Gasteiger partial charge on any atom is -0.303 e. The first kappa shape index (κ1) is 20.1. The average Bonchev–Trinajstić information content (AvgIpc) is 2.88. The molecular formula is C12H17N4O6PS2. The number of phosphoric acid groups is 1. The molecule has 2 rings (SSSR count). The van der Waals surface area contributed by atoms with Gasteiger partial charge < -0.3 is 9.79 Å². The highest BCUT2D eigenvalue weighted by Gasteiger charge is 2.41. The van der Waals surface area contributed by atoms with Crippen molar-refractivity contribution < 1.29 is 28.5 Å². The van der Waals surface area contributed by atoms with E-state index < -0.39 is 19.2 Å². The van der Waals surface area contributed by atoms with Crippen LogP contribution in [-0.4, -0.2) is 66.0 Å². The second-order valence-electron chi connectivity index (χ2n) is 5.35. The van der Waals surface area contributed by atoms with E-state index in [1.54, 1.807) is 13.8 Å². The molecule has 2 amide bonds.